The fraction of sp³-hybridized carbons (Fsp3) is 0.423. The molecule has 2 N–H and O–H groups in total. The Morgan fingerprint density at radius 3 is 2.33 bits per heavy atom. The first-order valence-electron chi connectivity index (χ1n) is 12.6. The van der Waals surface area contributed by atoms with Crippen molar-refractivity contribution >= 4 is 29.2 Å². The maximum atomic E-state index is 9.94. The summed E-state index contributed by atoms with van der Waals surface area (Å²) in [5, 5.41) is 13.2. The fourth-order valence-electron chi connectivity index (χ4n) is 4.59. The van der Waals surface area contributed by atoms with E-state index in [9.17, 15) is 5.11 Å². The highest BCUT2D eigenvalue weighted by Crippen LogP contribution is 2.23. The number of aliphatic hydroxyl groups is 1. The van der Waals surface area contributed by atoms with E-state index in [0.29, 0.717) is 18.4 Å². The number of hydrogen-bond acceptors (Lipinski definition) is 10. The van der Waals surface area contributed by atoms with E-state index in [2.05, 4.69) is 63.6 Å². The second kappa shape index (κ2) is 11.3. The zero-order chi connectivity index (χ0) is 24.7. The highest BCUT2D eigenvalue weighted by atomic mass is 16.3. The maximum absolute atomic E-state index is 9.94. The molecule has 0 amide bonds. The summed E-state index contributed by atoms with van der Waals surface area (Å²) in [4.78, 5) is 29.0. The topological polar surface area (TPSA) is 106 Å². The van der Waals surface area contributed by atoms with Crippen LogP contribution in [-0.4, -0.2) is 75.4 Å². The number of allylic oxidation sites excluding steroid dienone is 1. The van der Waals surface area contributed by atoms with Gasteiger partial charge in [0.15, 0.2) is 0 Å². The quantitative estimate of drug-likeness (QED) is 0.461. The Hall–Kier alpha value is -3.79. The van der Waals surface area contributed by atoms with E-state index < -0.39 is 0 Å². The summed E-state index contributed by atoms with van der Waals surface area (Å²) in [5.41, 5.74) is 3.15. The van der Waals surface area contributed by atoms with Crippen LogP contribution in [0.2, 0.25) is 0 Å². The molecule has 0 spiro atoms. The molecule has 10 heteroatoms. The van der Waals surface area contributed by atoms with Crippen LogP contribution in [0.1, 0.15) is 24.8 Å². The number of β-amino-alcohol motifs (C(OH)–C–C–N with tert-alkyl or cyclic N) is 1. The van der Waals surface area contributed by atoms with E-state index in [1.54, 1.807) is 6.33 Å². The van der Waals surface area contributed by atoms with Crippen molar-refractivity contribution in [3.05, 3.63) is 61.2 Å². The molecule has 1 unspecified atom stereocenters. The summed E-state index contributed by atoms with van der Waals surface area (Å²) < 4.78 is 0. The molecule has 4 heterocycles. The predicted molar refractivity (Wildman–Crippen MR) is 142 cm³/mol. The molecule has 2 fully saturated rings. The fourth-order valence-corrected chi connectivity index (χ4v) is 4.59. The molecular weight excluding hydrogens is 454 g/mol. The molecule has 2 aromatic heterocycles. The van der Waals surface area contributed by atoms with Crippen LogP contribution < -0.4 is 20.0 Å². The first kappa shape index (κ1) is 23.9. The van der Waals surface area contributed by atoms with E-state index in [0.717, 1.165) is 81.3 Å². The highest BCUT2D eigenvalue weighted by molar-refractivity contribution is 5.60. The van der Waals surface area contributed by atoms with Gasteiger partial charge in [-0.05, 0) is 55.5 Å². The first-order valence-corrected chi connectivity index (χ1v) is 12.6. The van der Waals surface area contributed by atoms with Crippen molar-refractivity contribution in [1.29, 1.82) is 0 Å². The zero-order valence-electron chi connectivity index (χ0n) is 20.5. The zero-order valence-corrected chi connectivity index (χ0v) is 20.5. The van der Waals surface area contributed by atoms with Crippen LogP contribution >= 0.6 is 0 Å². The van der Waals surface area contributed by atoms with E-state index >= 15 is 0 Å². The molecule has 1 aromatic carbocycles. The van der Waals surface area contributed by atoms with Gasteiger partial charge in [0.1, 0.15) is 6.33 Å². The van der Waals surface area contributed by atoms with Crippen molar-refractivity contribution < 1.29 is 5.11 Å². The van der Waals surface area contributed by atoms with Crippen LogP contribution in [0, 0.1) is 0 Å². The summed E-state index contributed by atoms with van der Waals surface area (Å²) >= 11 is 0. The van der Waals surface area contributed by atoms with Gasteiger partial charge < -0.3 is 25.1 Å². The standard InChI is InChI=1S/C26H33N9O/c1-2-3-5-20-16-27-25(28-17-20)33-12-14-34(15-13-33)26-30-19-29-24(32-26)31-21-7-9-22(10-8-21)35-11-4-6-23(36)18-35/h2,7-10,16-17,19,23,36H,1,3-6,11-15,18H2,(H,29,30,31,32). The number of anilines is 5. The molecular formula is C26H33N9O. The molecule has 2 aliphatic heterocycles. The third-order valence-electron chi connectivity index (χ3n) is 6.62. The third kappa shape index (κ3) is 5.88. The highest BCUT2D eigenvalue weighted by Gasteiger charge is 2.21. The van der Waals surface area contributed by atoms with Gasteiger partial charge in [0.2, 0.25) is 17.8 Å². The van der Waals surface area contributed by atoms with Crippen LogP contribution in [0.3, 0.4) is 0 Å². The Bertz CT molecular complexity index is 1130. The minimum atomic E-state index is -0.248. The number of aryl methyl sites for hydroxylation is 1. The van der Waals surface area contributed by atoms with Gasteiger partial charge in [0.25, 0.3) is 0 Å². The molecule has 2 aliphatic rings. The van der Waals surface area contributed by atoms with Crippen LogP contribution in [0.4, 0.5) is 29.2 Å². The van der Waals surface area contributed by atoms with Crippen molar-refractivity contribution in [2.24, 2.45) is 0 Å². The third-order valence-corrected chi connectivity index (χ3v) is 6.62. The number of aliphatic hydroxyl groups excluding tert-OH is 1. The van der Waals surface area contributed by atoms with Crippen molar-refractivity contribution in [1.82, 2.24) is 24.9 Å². The Morgan fingerprint density at radius 1 is 0.917 bits per heavy atom. The van der Waals surface area contributed by atoms with Crippen molar-refractivity contribution in [3.8, 4) is 0 Å². The number of benzene rings is 1. The average Bonchev–Trinajstić information content (AvgIpc) is 2.93. The van der Waals surface area contributed by atoms with E-state index in [1.165, 1.54) is 0 Å². The lowest BCUT2D eigenvalue weighted by Crippen LogP contribution is -2.47. The molecule has 0 saturated carbocycles. The van der Waals surface area contributed by atoms with E-state index in [1.807, 2.05) is 30.6 Å². The summed E-state index contributed by atoms with van der Waals surface area (Å²) in [7, 11) is 0. The van der Waals surface area contributed by atoms with Gasteiger partial charge in [-0.25, -0.2) is 19.9 Å². The number of hydrogen-bond donors (Lipinski definition) is 2. The van der Waals surface area contributed by atoms with Crippen LogP contribution in [0.25, 0.3) is 0 Å². The van der Waals surface area contributed by atoms with Gasteiger partial charge in [0, 0.05) is 63.0 Å². The number of nitrogens with zero attached hydrogens (tertiary/aromatic N) is 8. The van der Waals surface area contributed by atoms with Gasteiger partial charge in [-0.2, -0.15) is 4.98 Å². The Balaban J connectivity index is 1.16. The van der Waals surface area contributed by atoms with Crippen LogP contribution in [-0.2, 0) is 6.42 Å². The molecule has 188 valence electrons. The molecule has 0 aliphatic carbocycles. The molecule has 5 rings (SSSR count). The summed E-state index contributed by atoms with van der Waals surface area (Å²) in [6.45, 7) is 8.58. The van der Waals surface area contributed by atoms with Crippen LogP contribution in [0.5, 0.6) is 0 Å². The number of rotatable bonds is 8. The molecule has 1 atom stereocenters. The van der Waals surface area contributed by atoms with Gasteiger partial charge in [-0.1, -0.05) is 6.08 Å². The summed E-state index contributed by atoms with van der Waals surface area (Å²) in [5.74, 6) is 1.94. The van der Waals surface area contributed by atoms with Crippen molar-refractivity contribution in [2.75, 3.05) is 59.3 Å². The first-order chi connectivity index (χ1) is 17.7. The molecule has 2 saturated heterocycles. The lowest BCUT2D eigenvalue weighted by atomic mass is 10.1. The summed E-state index contributed by atoms with van der Waals surface area (Å²) in [6.07, 6.45) is 10.8. The van der Waals surface area contributed by atoms with Gasteiger partial charge in [-0.15, -0.1) is 6.58 Å². The smallest absolute Gasteiger partial charge is 0.231 e. The van der Waals surface area contributed by atoms with E-state index in [-0.39, 0.29) is 6.10 Å². The second-order valence-corrected chi connectivity index (χ2v) is 9.22. The molecule has 0 bridgehead atoms. The molecule has 36 heavy (non-hydrogen) atoms. The summed E-state index contributed by atoms with van der Waals surface area (Å²) in [6, 6.07) is 8.16. The normalized spacial score (nSPS) is 18.2. The number of nitrogens with one attached hydrogen (secondary N) is 1. The molecule has 3 aromatic rings. The number of piperidine rings is 1. The Kier molecular flexibility index (Phi) is 7.51. The Labute approximate surface area is 211 Å². The largest absolute Gasteiger partial charge is 0.391 e. The SMILES string of the molecule is C=CCCc1cnc(N2CCN(c3ncnc(Nc4ccc(N5CCCC(O)C5)cc4)n3)CC2)nc1. The predicted octanol–water partition coefficient (Wildman–Crippen LogP) is 2.81. The molecule has 0 radical (unpaired) electrons. The number of aromatic nitrogens is 5. The monoisotopic (exact) mass is 487 g/mol. The minimum Gasteiger partial charge on any atom is -0.391 e. The lowest BCUT2D eigenvalue weighted by Gasteiger charge is -2.34. The van der Waals surface area contributed by atoms with Gasteiger partial charge in [-0.3, -0.25) is 0 Å². The Morgan fingerprint density at radius 2 is 1.64 bits per heavy atom. The minimum absolute atomic E-state index is 0.248. The number of piperazine rings is 1. The molecule has 10 nitrogen and oxygen atoms in total. The maximum Gasteiger partial charge on any atom is 0.231 e. The van der Waals surface area contributed by atoms with Crippen molar-refractivity contribution in [3.63, 3.8) is 0 Å². The van der Waals surface area contributed by atoms with Gasteiger partial charge >= 0.3 is 0 Å². The average molecular weight is 488 g/mol. The second-order valence-electron chi connectivity index (χ2n) is 9.22. The van der Waals surface area contributed by atoms with Crippen LogP contribution in [0.15, 0.2) is 55.6 Å². The lowest BCUT2D eigenvalue weighted by molar-refractivity contribution is 0.154. The van der Waals surface area contributed by atoms with E-state index in [4.69, 9.17) is 0 Å². The van der Waals surface area contributed by atoms with Gasteiger partial charge in [0.05, 0.1) is 6.10 Å². The van der Waals surface area contributed by atoms with Crippen molar-refractivity contribution in [2.45, 2.75) is 31.8 Å².